The molecule has 0 bridgehead atoms. The molecule has 0 aromatic rings. The van der Waals surface area contributed by atoms with Crippen molar-refractivity contribution in [1.29, 1.82) is 0 Å². The minimum absolute atomic E-state index is 0.251. The normalized spacial score (nSPS) is 23.7. The van der Waals surface area contributed by atoms with Crippen molar-refractivity contribution in [3.05, 3.63) is 122 Å². The van der Waals surface area contributed by atoms with E-state index in [9.17, 15) is 45.6 Å². The molecule has 0 radical (unpaired) electrons. The first-order chi connectivity index (χ1) is 44.1. The Balaban J connectivity index is 1.70. The van der Waals surface area contributed by atoms with Crippen LogP contribution in [-0.4, -0.2) is 140 Å². The van der Waals surface area contributed by atoms with Crippen molar-refractivity contribution in [2.45, 2.75) is 331 Å². The quantitative estimate of drug-likeness (QED) is 0.0204. The molecule has 90 heavy (non-hydrogen) atoms. The van der Waals surface area contributed by atoms with E-state index in [1.54, 1.807) is 6.08 Å². The fourth-order valence-electron chi connectivity index (χ4n) is 11.0. The Labute approximate surface area is 546 Å². The predicted molar refractivity (Wildman–Crippen MR) is 368 cm³/mol. The van der Waals surface area contributed by atoms with Gasteiger partial charge in [0, 0.05) is 6.42 Å². The summed E-state index contributed by atoms with van der Waals surface area (Å²) >= 11 is 0. The molecule has 2 heterocycles. The number of carbonyl (C=O) groups excluding carboxylic acids is 1. The number of hydrogen-bond donors (Lipinski definition) is 9. The molecular weight excluding hydrogens is 1130 g/mol. The number of allylic oxidation sites excluding steroid dienone is 19. The molecule has 0 aliphatic carbocycles. The Bertz CT molecular complexity index is 1980. The van der Waals surface area contributed by atoms with Crippen LogP contribution in [0.1, 0.15) is 258 Å². The third-order valence-electron chi connectivity index (χ3n) is 16.7. The van der Waals surface area contributed by atoms with Crippen LogP contribution in [0.3, 0.4) is 0 Å². The molecule has 14 heteroatoms. The SMILES string of the molecule is CC/C=C\C/C=C\C/C=C\C/C=C\C/C=C\C/C=C\C/C=C\C/C=C\C/C=C\CCCCCCCC(=O)NC(COC1OC(CO)C(OC2OC(CO)C(O)C(O)C2O)C(O)C1O)C(O)/C=C/CCCCCCCCCCCCCCCCCCCCCCC. The van der Waals surface area contributed by atoms with E-state index < -0.39 is 86.8 Å². The summed E-state index contributed by atoms with van der Waals surface area (Å²) in [4.78, 5) is 13.3. The molecule has 2 rings (SSSR count). The van der Waals surface area contributed by atoms with Gasteiger partial charge < -0.3 is 65.1 Å². The van der Waals surface area contributed by atoms with Gasteiger partial charge in [-0.15, -0.1) is 0 Å². The maximum atomic E-state index is 13.3. The number of hydrogen-bond acceptors (Lipinski definition) is 13. The van der Waals surface area contributed by atoms with E-state index in [2.05, 4.69) is 129 Å². The maximum absolute atomic E-state index is 13.3. The second-order valence-electron chi connectivity index (χ2n) is 24.6. The van der Waals surface area contributed by atoms with Gasteiger partial charge in [-0.3, -0.25) is 4.79 Å². The Morgan fingerprint density at radius 2 is 0.767 bits per heavy atom. The standard InChI is InChI=1S/C76H129NO13/c1-3-5-7-9-11-13-15-17-19-21-23-25-27-28-29-30-31-32-33-34-35-36-38-40-42-44-46-48-50-52-54-56-58-60-68(81)77-64(63-87-75-73(86)71(84)74(67(62-79)89-75)90-76-72(85)70(83)69(82)66(61-78)88-76)65(80)59-57-55-53-51-49-47-45-43-41-39-37-26-24-22-20-18-16-14-12-10-8-6-4-2/h5,7,11,13,17,19,23,25,28-29,31-32,34-35,38,40,44,46,57,59,64-67,69-76,78-80,82-86H,3-4,6,8-10,12,14-16,18,20-22,24,26-27,30,33,36-37,39,41-43,45,47-56,58,60-63H2,1-2H3,(H,77,81)/b7-5-,13-11-,19-17-,25-23-,29-28-,32-31-,35-34-,40-38-,46-44-,59-57+. The van der Waals surface area contributed by atoms with Crippen molar-refractivity contribution in [3.63, 3.8) is 0 Å². The van der Waals surface area contributed by atoms with E-state index in [1.807, 2.05) is 6.08 Å². The summed E-state index contributed by atoms with van der Waals surface area (Å²) in [5, 5.41) is 87.5. The molecule has 9 N–H and O–H groups in total. The number of nitrogens with one attached hydrogen (secondary N) is 1. The van der Waals surface area contributed by atoms with Crippen molar-refractivity contribution >= 4 is 5.91 Å². The van der Waals surface area contributed by atoms with Crippen LogP contribution in [0.25, 0.3) is 0 Å². The van der Waals surface area contributed by atoms with Crippen LogP contribution in [0.2, 0.25) is 0 Å². The van der Waals surface area contributed by atoms with Gasteiger partial charge in [-0.05, 0) is 89.9 Å². The summed E-state index contributed by atoms with van der Waals surface area (Å²) in [6.07, 6.45) is 69.5. The lowest BCUT2D eigenvalue weighted by Crippen LogP contribution is -2.65. The Morgan fingerprint density at radius 1 is 0.411 bits per heavy atom. The average Bonchev–Trinajstić information content (AvgIpc) is 1.41. The zero-order valence-electron chi connectivity index (χ0n) is 56.1. The number of carbonyl (C=O) groups is 1. The largest absolute Gasteiger partial charge is 0.394 e. The van der Waals surface area contributed by atoms with Gasteiger partial charge in [0.15, 0.2) is 12.6 Å². The number of unbranched alkanes of at least 4 members (excludes halogenated alkanes) is 26. The Kier molecular flexibility index (Phi) is 54.2. The van der Waals surface area contributed by atoms with Crippen molar-refractivity contribution < 1.29 is 64.6 Å². The first-order valence-corrected chi connectivity index (χ1v) is 35.8. The lowest BCUT2D eigenvalue weighted by Gasteiger charge is -2.46. The molecule has 0 saturated carbocycles. The monoisotopic (exact) mass is 1260 g/mol. The zero-order chi connectivity index (χ0) is 65.2. The summed E-state index contributed by atoms with van der Waals surface area (Å²) in [5.41, 5.74) is 0. The maximum Gasteiger partial charge on any atom is 0.220 e. The molecule has 2 saturated heterocycles. The lowest BCUT2D eigenvalue weighted by atomic mass is 9.97. The van der Waals surface area contributed by atoms with Crippen LogP contribution in [0.15, 0.2) is 122 Å². The highest BCUT2D eigenvalue weighted by Crippen LogP contribution is 2.30. The van der Waals surface area contributed by atoms with Crippen molar-refractivity contribution in [1.82, 2.24) is 5.32 Å². The van der Waals surface area contributed by atoms with E-state index in [0.717, 1.165) is 109 Å². The van der Waals surface area contributed by atoms with E-state index in [1.165, 1.54) is 122 Å². The van der Waals surface area contributed by atoms with Gasteiger partial charge in [0.05, 0.1) is 32.0 Å². The van der Waals surface area contributed by atoms with Gasteiger partial charge in [0.1, 0.15) is 48.8 Å². The van der Waals surface area contributed by atoms with E-state index in [0.29, 0.717) is 6.42 Å². The molecule has 0 spiro atoms. The minimum atomic E-state index is -1.80. The molecule has 516 valence electrons. The van der Waals surface area contributed by atoms with Crippen LogP contribution in [0, 0.1) is 0 Å². The summed E-state index contributed by atoms with van der Waals surface area (Å²) in [7, 11) is 0. The minimum Gasteiger partial charge on any atom is -0.394 e. The Hall–Kier alpha value is -3.61. The van der Waals surface area contributed by atoms with Crippen molar-refractivity contribution in [3.8, 4) is 0 Å². The van der Waals surface area contributed by atoms with Gasteiger partial charge in [-0.25, -0.2) is 0 Å². The molecule has 14 nitrogen and oxygen atoms in total. The molecular formula is C76H129NO13. The highest BCUT2D eigenvalue weighted by molar-refractivity contribution is 5.76. The van der Waals surface area contributed by atoms with Gasteiger partial charge in [0.2, 0.25) is 5.91 Å². The number of ether oxygens (including phenoxy) is 4. The van der Waals surface area contributed by atoms with Gasteiger partial charge in [-0.2, -0.15) is 0 Å². The lowest BCUT2D eigenvalue weighted by molar-refractivity contribution is -0.359. The topological polar surface area (TPSA) is 228 Å². The molecule has 2 aliphatic heterocycles. The highest BCUT2D eigenvalue weighted by Gasteiger charge is 2.51. The van der Waals surface area contributed by atoms with Crippen molar-refractivity contribution in [2.24, 2.45) is 0 Å². The first kappa shape index (κ1) is 82.5. The number of rotatable bonds is 57. The third-order valence-corrected chi connectivity index (χ3v) is 16.7. The molecule has 1 amide bonds. The van der Waals surface area contributed by atoms with Gasteiger partial charge in [-0.1, -0.05) is 283 Å². The molecule has 2 aliphatic rings. The highest BCUT2D eigenvalue weighted by atomic mass is 16.7. The zero-order valence-corrected chi connectivity index (χ0v) is 56.1. The van der Waals surface area contributed by atoms with Crippen LogP contribution < -0.4 is 5.32 Å². The molecule has 0 aromatic heterocycles. The first-order valence-electron chi connectivity index (χ1n) is 35.8. The molecule has 2 fully saturated rings. The fourth-order valence-corrected chi connectivity index (χ4v) is 11.0. The van der Waals surface area contributed by atoms with Gasteiger partial charge >= 0.3 is 0 Å². The van der Waals surface area contributed by atoms with Crippen LogP contribution >= 0.6 is 0 Å². The summed E-state index contributed by atoms with van der Waals surface area (Å²) in [5.74, 6) is -0.261. The van der Waals surface area contributed by atoms with E-state index in [4.69, 9.17) is 18.9 Å². The predicted octanol–water partition coefficient (Wildman–Crippen LogP) is 14.9. The number of aliphatic hydroxyl groups is 8. The number of aliphatic hydroxyl groups excluding tert-OH is 8. The summed E-state index contributed by atoms with van der Waals surface area (Å²) in [6.45, 7) is 2.69. The van der Waals surface area contributed by atoms with E-state index >= 15 is 0 Å². The van der Waals surface area contributed by atoms with Crippen LogP contribution in [-0.2, 0) is 23.7 Å². The van der Waals surface area contributed by atoms with Gasteiger partial charge in [0.25, 0.3) is 0 Å². The summed E-state index contributed by atoms with van der Waals surface area (Å²) in [6, 6.07) is -0.936. The summed E-state index contributed by atoms with van der Waals surface area (Å²) < 4.78 is 22.8. The second kappa shape index (κ2) is 59.2. The third kappa shape index (κ3) is 42.6. The van der Waals surface area contributed by atoms with Crippen LogP contribution in [0.4, 0.5) is 0 Å². The van der Waals surface area contributed by atoms with E-state index in [-0.39, 0.29) is 18.9 Å². The molecule has 12 atom stereocenters. The second-order valence-corrected chi connectivity index (χ2v) is 24.6. The average molecular weight is 1260 g/mol. The fraction of sp³-hybridized carbons (Fsp3) is 0.724. The van der Waals surface area contributed by atoms with Crippen LogP contribution in [0.5, 0.6) is 0 Å². The molecule has 0 aromatic carbocycles. The molecule has 12 unspecified atom stereocenters. The smallest absolute Gasteiger partial charge is 0.220 e. The number of amides is 1. The Morgan fingerprint density at radius 3 is 1.18 bits per heavy atom. The van der Waals surface area contributed by atoms with Crippen molar-refractivity contribution in [2.75, 3.05) is 19.8 Å².